The van der Waals surface area contributed by atoms with Gasteiger partial charge in [-0.1, -0.05) is 24.3 Å². The van der Waals surface area contributed by atoms with Crippen molar-refractivity contribution in [3.05, 3.63) is 35.4 Å². The predicted octanol–water partition coefficient (Wildman–Crippen LogP) is 2.19. The van der Waals surface area contributed by atoms with Crippen LogP contribution in [0.3, 0.4) is 0 Å². The molecule has 0 bridgehead atoms. The van der Waals surface area contributed by atoms with Gasteiger partial charge in [0, 0.05) is 19.1 Å². The van der Waals surface area contributed by atoms with E-state index in [0.29, 0.717) is 12.0 Å². The SMILES string of the molecule is CC1COC(CO)CN1CC1CCCc2ccccc21. The summed E-state index contributed by atoms with van der Waals surface area (Å²) in [7, 11) is 0. The number of benzene rings is 1. The largest absolute Gasteiger partial charge is 0.394 e. The second-order valence-electron chi connectivity index (χ2n) is 6.23. The first-order chi connectivity index (χ1) is 9.78. The van der Waals surface area contributed by atoms with E-state index >= 15 is 0 Å². The normalized spacial score (nSPS) is 31.0. The highest BCUT2D eigenvalue weighted by Crippen LogP contribution is 2.32. The molecular formula is C17H25NO2. The molecule has 1 saturated heterocycles. The quantitative estimate of drug-likeness (QED) is 0.918. The Balaban J connectivity index is 1.71. The van der Waals surface area contributed by atoms with E-state index < -0.39 is 0 Å². The van der Waals surface area contributed by atoms with Crippen LogP contribution in [0.2, 0.25) is 0 Å². The topological polar surface area (TPSA) is 32.7 Å². The molecule has 1 heterocycles. The van der Waals surface area contributed by atoms with E-state index in [1.807, 2.05) is 0 Å². The maximum atomic E-state index is 9.31. The van der Waals surface area contributed by atoms with Gasteiger partial charge < -0.3 is 9.84 Å². The number of fused-ring (bicyclic) bond motifs is 1. The van der Waals surface area contributed by atoms with Gasteiger partial charge in [0.05, 0.1) is 19.3 Å². The Morgan fingerprint density at radius 3 is 3.05 bits per heavy atom. The molecule has 1 aromatic rings. The molecule has 0 spiro atoms. The van der Waals surface area contributed by atoms with Crippen molar-refractivity contribution in [3.63, 3.8) is 0 Å². The van der Waals surface area contributed by atoms with Crippen LogP contribution in [0.5, 0.6) is 0 Å². The average Bonchev–Trinajstić information content (AvgIpc) is 2.50. The number of hydrogen-bond donors (Lipinski definition) is 1. The molecule has 0 saturated carbocycles. The van der Waals surface area contributed by atoms with Crippen LogP contribution in [0, 0.1) is 0 Å². The summed E-state index contributed by atoms with van der Waals surface area (Å²) in [5, 5.41) is 9.31. The van der Waals surface area contributed by atoms with Crippen LogP contribution >= 0.6 is 0 Å². The number of aliphatic hydroxyl groups is 1. The van der Waals surface area contributed by atoms with E-state index in [0.717, 1.165) is 19.7 Å². The first-order valence-electron chi connectivity index (χ1n) is 7.82. The molecule has 1 N–H and O–H groups in total. The van der Waals surface area contributed by atoms with E-state index in [1.165, 1.54) is 30.4 Å². The molecule has 20 heavy (non-hydrogen) atoms. The summed E-state index contributed by atoms with van der Waals surface area (Å²) < 4.78 is 5.64. The third-order valence-electron chi connectivity index (χ3n) is 4.79. The summed E-state index contributed by atoms with van der Waals surface area (Å²) >= 11 is 0. The number of hydrogen-bond acceptors (Lipinski definition) is 3. The monoisotopic (exact) mass is 275 g/mol. The predicted molar refractivity (Wildman–Crippen MR) is 80.0 cm³/mol. The minimum Gasteiger partial charge on any atom is -0.394 e. The Hall–Kier alpha value is -0.900. The van der Waals surface area contributed by atoms with Crippen molar-refractivity contribution in [2.24, 2.45) is 0 Å². The minimum absolute atomic E-state index is 0.00923. The standard InChI is InChI=1S/C17H25NO2/c1-13-12-20-16(11-19)10-18(13)9-15-7-4-6-14-5-2-3-8-17(14)15/h2-3,5,8,13,15-16,19H,4,6-7,9-12H2,1H3. The van der Waals surface area contributed by atoms with Gasteiger partial charge in [-0.15, -0.1) is 0 Å². The van der Waals surface area contributed by atoms with E-state index in [-0.39, 0.29) is 12.7 Å². The molecule has 3 nitrogen and oxygen atoms in total. The molecular weight excluding hydrogens is 250 g/mol. The molecule has 1 fully saturated rings. The second kappa shape index (κ2) is 6.25. The highest BCUT2D eigenvalue weighted by Gasteiger charge is 2.29. The van der Waals surface area contributed by atoms with Crippen molar-refractivity contribution >= 4 is 0 Å². The molecule has 3 rings (SSSR count). The van der Waals surface area contributed by atoms with Gasteiger partial charge in [0.15, 0.2) is 0 Å². The summed E-state index contributed by atoms with van der Waals surface area (Å²) in [6, 6.07) is 9.35. The summed E-state index contributed by atoms with van der Waals surface area (Å²) in [5.74, 6) is 0.639. The lowest BCUT2D eigenvalue weighted by Crippen LogP contribution is -2.50. The number of morpholine rings is 1. The number of aliphatic hydroxyl groups excluding tert-OH is 1. The van der Waals surface area contributed by atoms with Crippen LogP contribution < -0.4 is 0 Å². The Morgan fingerprint density at radius 2 is 2.20 bits per heavy atom. The fourth-order valence-electron chi connectivity index (χ4n) is 3.57. The van der Waals surface area contributed by atoms with Crippen LogP contribution in [0.1, 0.15) is 36.8 Å². The number of nitrogens with zero attached hydrogens (tertiary/aromatic N) is 1. The van der Waals surface area contributed by atoms with Crippen molar-refractivity contribution in [2.75, 3.05) is 26.3 Å². The smallest absolute Gasteiger partial charge is 0.0933 e. The van der Waals surface area contributed by atoms with Crippen LogP contribution in [0.15, 0.2) is 24.3 Å². The Bertz CT molecular complexity index is 448. The zero-order chi connectivity index (χ0) is 13.9. The van der Waals surface area contributed by atoms with Gasteiger partial charge >= 0.3 is 0 Å². The maximum absolute atomic E-state index is 9.31. The molecule has 3 unspecified atom stereocenters. The van der Waals surface area contributed by atoms with Gasteiger partial charge in [-0.25, -0.2) is 0 Å². The summed E-state index contributed by atoms with van der Waals surface area (Å²) in [4.78, 5) is 2.50. The zero-order valence-electron chi connectivity index (χ0n) is 12.3. The van der Waals surface area contributed by atoms with Gasteiger partial charge in [-0.3, -0.25) is 4.90 Å². The summed E-state index contributed by atoms with van der Waals surface area (Å²) in [6.45, 7) is 5.04. The van der Waals surface area contributed by atoms with Crippen molar-refractivity contribution in [1.82, 2.24) is 4.90 Å². The van der Waals surface area contributed by atoms with Crippen molar-refractivity contribution in [3.8, 4) is 0 Å². The van der Waals surface area contributed by atoms with Gasteiger partial charge in [0.2, 0.25) is 0 Å². The fourth-order valence-corrected chi connectivity index (χ4v) is 3.57. The van der Waals surface area contributed by atoms with Crippen LogP contribution in [-0.2, 0) is 11.2 Å². The molecule has 110 valence electrons. The average molecular weight is 275 g/mol. The van der Waals surface area contributed by atoms with E-state index in [2.05, 4.69) is 36.1 Å². The fraction of sp³-hybridized carbons (Fsp3) is 0.647. The van der Waals surface area contributed by atoms with Gasteiger partial charge in [0.1, 0.15) is 0 Å². The van der Waals surface area contributed by atoms with Crippen molar-refractivity contribution < 1.29 is 9.84 Å². The molecule has 3 atom stereocenters. The Morgan fingerprint density at radius 1 is 1.35 bits per heavy atom. The lowest BCUT2D eigenvalue weighted by atomic mass is 9.82. The molecule has 1 aliphatic carbocycles. The molecule has 1 aromatic carbocycles. The van der Waals surface area contributed by atoms with Crippen molar-refractivity contribution in [1.29, 1.82) is 0 Å². The Kier molecular flexibility index (Phi) is 4.39. The number of rotatable bonds is 3. The molecule has 2 aliphatic rings. The molecule has 0 radical (unpaired) electrons. The third kappa shape index (κ3) is 2.90. The van der Waals surface area contributed by atoms with Crippen LogP contribution in [-0.4, -0.2) is 48.5 Å². The summed E-state index contributed by atoms with van der Waals surface area (Å²) in [5.41, 5.74) is 3.07. The van der Waals surface area contributed by atoms with Gasteiger partial charge in [0.25, 0.3) is 0 Å². The zero-order valence-corrected chi connectivity index (χ0v) is 12.3. The number of ether oxygens (including phenoxy) is 1. The highest BCUT2D eigenvalue weighted by molar-refractivity contribution is 5.32. The molecule has 1 aliphatic heterocycles. The van der Waals surface area contributed by atoms with Crippen molar-refractivity contribution in [2.45, 2.75) is 44.2 Å². The minimum atomic E-state index is -0.00923. The van der Waals surface area contributed by atoms with Crippen LogP contribution in [0.4, 0.5) is 0 Å². The Labute approximate surface area is 121 Å². The van der Waals surface area contributed by atoms with Crippen LogP contribution in [0.25, 0.3) is 0 Å². The lowest BCUT2D eigenvalue weighted by Gasteiger charge is -2.40. The van der Waals surface area contributed by atoms with E-state index in [4.69, 9.17) is 4.74 Å². The molecule has 0 aromatic heterocycles. The summed E-state index contributed by atoms with van der Waals surface area (Å²) in [6.07, 6.45) is 3.80. The third-order valence-corrected chi connectivity index (χ3v) is 4.79. The highest BCUT2D eigenvalue weighted by atomic mass is 16.5. The first kappa shape index (κ1) is 14.1. The molecule has 3 heteroatoms. The first-order valence-corrected chi connectivity index (χ1v) is 7.82. The van der Waals surface area contributed by atoms with E-state index in [9.17, 15) is 5.11 Å². The van der Waals surface area contributed by atoms with Gasteiger partial charge in [-0.2, -0.15) is 0 Å². The lowest BCUT2D eigenvalue weighted by molar-refractivity contribution is -0.0794. The van der Waals surface area contributed by atoms with Gasteiger partial charge in [-0.05, 0) is 43.2 Å². The molecule has 0 amide bonds. The number of aryl methyl sites for hydroxylation is 1. The van der Waals surface area contributed by atoms with E-state index in [1.54, 1.807) is 0 Å². The second-order valence-corrected chi connectivity index (χ2v) is 6.23. The maximum Gasteiger partial charge on any atom is 0.0933 e.